The van der Waals surface area contributed by atoms with E-state index in [1.807, 2.05) is 10.9 Å². The summed E-state index contributed by atoms with van der Waals surface area (Å²) in [5.41, 5.74) is 4.97. The van der Waals surface area contributed by atoms with E-state index in [0.717, 1.165) is 48.9 Å². The Hall–Kier alpha value is -2.89. The van der Waals surface area contributed by atoms with Crippen LogP contribution < -0.4 is 10.6 Å². The normalized spacial score (nSPS) is 18.1. The minimum absolute atomic E-state index is 0.0144. The molecule has 2 aliphatic carbocycles. The summed E-state index contributed by atoms with van der Waals surface area (Å²) in [6, 6.07) is 8.58. The molecule has 1 saturated carbocycles. The molecule has 1 amide bonds. The van der Waals surface area contributed by atoms with Crippen LogP contribution in [0, 0.1) is 0 Å². The Balaban J connectivity index is 1.46. The Morgan fingerprint density at radius 1 is 1.13 bits per heavy atom. The average Bonchev–Trinajstić information content (AvgIpc) is 3.37. The minimum Gasteiger partial charge on any atom is -0.379 e. The number of rotatable bonds is 5. The predicted molar refractivity (Wildman–Crippen MR) is 123 cm³/mol. The number of nitrogens with one attached hydrogen (secondary N) is 2. The zero-order chi connectivity index (χ0) is 21.4. The van der Waals surface area contributed by atoms with Gasteiger partial charge in [-0.1, -0.05) is 43.5 Å². The fourth-order valence-electron chi connectivity index (χ4n) is 5.25. The van der Waals surface area contributed by atoms with Crippen LogP contribution in [0.1, 0.15) is 67.4 Å². The molecule has 2 N–H and O–H groups in total. The van der Waals surface area contributed by atoms with Gasteiger partial charge in [0.1, 0.15) is 0 Å². The number of aryl methyl sites for hydroxylation is 1. The molecule has 0 saturated heterocycles. The van der Waals surface area contributed by atoms with Gasteiger partial charge < -0.3 is 10.6 Å². The lowest BCUT2D eigenvalue weighted by Crippen LogP contribution is -2.39. The first-order chi connectivity index (χ1) is 15.1. The first kappa shape index (κ1) is 20.0. The quantitative estimate of drug-likeness (QED) is 0.642. The number of carbonyl (C=O) groups is 1. The van der Waals surface area contributed by atoms with E-state index in [1.54, 1.807) is 6.20 Å². The Labute approximate surface area is 183 Å². The van der Waals surface area contributed by atoms with Crippen molar-refractivity contribution in [3.05, 3.63) is 53.3 Å². The lowest BCUT2D eigenvalue weighted by molar-refractivity contribution is 0.0939. The minimum atomic E-state index is -0.0571. The van der Waals surface area contributed by atoms with Crippen LogP contribution >= 0.6 is 0 Å². The fourth-order valence-corrected chi connectivity index (χ4v) is 5.25. The highest BCUT2D eigenvalue weighted by atomic mass is 16.1. The van der Waals surface area contributed by atoms with Gasteiger partial charge >= 0.3 is 0 Å². The molecule has 6 heteroatoms. The van der Waals surface area contributed by atoms with E-state index >= 15 is 0 Å². The van der Waals surface area contributed by atoms with Crippen molar-refractivity contribution in [3.8, 4) is 0 Å². The van der Waals surface area contributed by atoms with Gasteiger partial charge in [-0.05, 0) is 50.7 Å². The van der Waals surface area contributed by atoms with E-state index in [4.69, 9.17) is 0 Å². The number of hydrogen-bond acceptors (Lipinski definition) is 4. The maximum Gasteiger partial charge on any atom is 0.255 e. The lowest BCUT2D eigenvalue weighted by Gasteiger charge is -2.36. The molecule has 0 bridgehead atoms. The summed E-state index contributed by atoms with van der Waals surface area (Å²) in [5.74, 6) is -0.0571. The predicted octanol–water partition coefficient (Wildman–Crippen LogP) is 4.48. The molecule has 0 radical (unpaired) electrons. The first-order valence-electron chi connectivity index (χ1n) is 11.6. The van der Waals surface area contributed by atoms with Gasteiger partial charge in [0.2, 0.25) is 0 Å². The van der Waals surface area contributed by atoms with Gasteiger partial charge in [-0.3, -0.25) is 4.79 Å². The SMILES string of the molecule is CCn1ncc2c(NC3(C)CCCCC3)c(C(=O)NC3Cc4ccccc4C3)cnc21. The maximum absolute atomic E-state index is 13.4. The van der Waals surface area contributed by atoms with Crippen LogP contribution in [-0.2, 0) is 19.4 Å². The standard InChI is InChI=1S/C25H31N5O/c1-3-30-23-20(16-27-30)22(29-25(2)11-7-4-8-12-25)21(15-26-23)24(31)28-19-13-17-9-5-6-10-18(17)14-19/h5-6,9-10,15-16,19H,3-4,7-8,11-14H2,1-2H3,(H,26,29)(H,28,31). The first-order valence-corrected chi connectivity index (χ1v) is 11.6. The van der Waals surface area contributed by atoms with E-state index in [0.29, 0.717) is 5.56 Å². The van der Waals surface area contributed by atoms with Crippen molar-refractivity contribution in [1.82, 2.24) is 20.1 Å². The van der Waals surface area contributed by atoms with Crippen molar-refractivity contribution >= 4 is 22.6 Å². The second-order valence-electron chi connectivity index (χ2n) is 9.34. The Morgan fingerprint density at radius 2 is 1.84 bits per heavy atom. The Bertz CT molecular complexity index is 1090. The third-order valence-electron chi connectivity index (χ3n) is 6.98. The monoisotopic (exact) mass is 417 g/mol. The molecule has 0 spiro atoms. The molecule has 31 heavy (non-hydrogen) atoms. The Kier molecular flexibility index (Phi) is 5.16. The van der Waals surface area contributed by atoms with Crippen molar-refractivity contribution in [2.45, 2.75) is 76.9 Å². The van der Waals surface area contributed by atoms with Gasteiger partial charge in [-0.15, -0.1) is 0 Å². The van der Waals surface area contributed by atoms with Gasteiger partial charge in [0.05, 0.1) is 22.8 Å². The average molecular weight is 418 g/mol. The number of hydrogen-bond donors (Lipinski definition) is 2. The molecular formula is C25H31N5O. The molecule has 1 aromatic carbocycles. The van der Waals surface area contributed by atoms with Crippen LogP contribution in [-0.4, -0.2) is 32.3 Å². The highest BCUT2D eigenvalue weighted by Crippen LogP contribution is 2.35. The van der Waals surface area contributed by atoms with E-state index in [2.05, 4.69) is 58.8 Å². The number of benzene rings is 1. The van der Waals surface area contributed by atoms with Crippen molar-refractivity contribution < 1.29 is 4.79 Å². The maximum atomic E-state index is 13.4. The topological polar surface area (TPSA) is 71.8 Å². The third kappa shape index (κ3) is 3.80. The number of nitrogens with zero attached hydrogens (tertiary/aromatic N) is 3. The van der Waals surface area contributed by atoms with Crippen LogP contribution in [0.2, 0.25) is 0 Å². The van der Waals surface area contributed by atoms with E-state index in [-0.39, 0.29) is 17.5 Å². The van der Waals surface area contributed by atoms with E-state index in [9.17, 15) is 4.79 Å². The molecule has 0 unspecified atom stereocenters. The molecule has 162 valence electrons. The van der Waals surface area contributed by atoms with Gasteiger partial charge in [-0.2, -0.15) is 5.10 Å². The summed E-state index contributed by atoms with van der Waals surface area (Å²) in [4.78, 5) is 18.0. The summed E-state index contributed by atoms with van der Waals surface area (Å²) in [5, 5.41) is 12.5. The molecular weight excluding hydrogens is 386 g/mol. The van der Waals surface area contributed by atoms with Crippen LogP contribution in [0.5, 0.6) is 0 Å². The van der Waals surface area contributed by atoms with Crippen LogP contribution in [0.25, 0.3) is 11.0 Å². The zero-order valence-electron chi connectivity index (χ0n) is 18.4. The molecule has 2 aromatic heterocycles. The van der Waals surface area contributed by atoms with Crippen molar-refractivity contribution in [2.75, 3.05) is 5.32 Å². The van der Waals surface area contributed by atoms with Crippen LogP contribution in [0.3, 0.4) is 0 Å². The largest absolute Gasteiger partial charge is 0.379 e. The molecule has 0 aliphatic heterocycles. The van der Waals surface area contributed by atoms with Crippen LogP contribution in [0.15, 0.2) is 36.7 Å². The second-order valence-corrected chi connectivity index (χ2v) is 9.34. The number of aromatic nitrogens is 3. The summed E-state index contributed by atoms with van der Waals surface area (Å²) in [6.45, 7) is 5.08. The number of anilines is 1. The van der Waals surface area contributed by atoms with Crippen LogP contribution in [0.4, 0.5) is 5.69 Å². The molecule has 0 atom stereocenters. The zero-order valence-corrected chi connectivity index (χ0v) is 18.4. The fraction of sp³-hybridized carbons (Fsp3) is 0.480. The van der Waals surface area contributed by atoms with Gasteiger partial charge in [0.25, 0.3) is 5.91 Å². The van der Waals surface area contributed by atoms with E-state index < -0.39 is 0 Å². The summed E-state index contributed by atoms with van der Waals surface area (Å²) in [7, 11) is 0. The second kappa shape index (κ2) is 7.98. The highest BCUT2D eigenvalue weighted by Gasteiger charge is 2.31. The number of fused-ring (bicyclic) bond motifs is 2. The number of carbonyl (C=O) groups excluding carboxylic acids is 1. The lowest BCUT2D eigenvalue weighted by atomic mass is 9.83. The Morgan fingerprint density at radius 3 is 2.52 bits per heavy atom. The smallest absolute Gasteiger partial charge is 0.255 e. The summed E-state index contributed by atoms with van der Waals surface area (Å²) >= 11 is 0. The number of pyridine rings is 1. The third-order valence-corrected chi connectivity index (χ3v) is 6.98. The van der Waals surface area contributed by atoms with Crippen molar-refractivity contribution in [1.29, 1.82) is 0 Å². The molecule has 2 heterocycles. The van der Waals surface area contributed by atoms with Gasteiger partial charge in [0, 0.05) is 24.3 Å². The molecule has 6 nitrogen and oxygen atoms in total. The van der Waals surface area contributed by atoms with E-state index in [1.165, 1.54) is 30.4 Å². The summed E-state index contributed by atoms with van der Waals surface area (Å²) < 4.78 is 1.89. The molecule has 1 fully saturated rings. The highest BCUT2D eigenvalue weighted by molar-refractivity contribution is 6.06. The van der Waals surface area contributed by atoms with Gasteiger partial charge in [0.15, 0.2) is 5.65 Å². The molecule has 3 aromatic rings. The molecule has 5 rings (SSSR count). The molecule has 2 aliphatic rings. The van der Waals surface area contributed by atoms with Gasteiger partial charge in [-0.25, -0.2) is 9.67 Å². The van der Waals surface area contributed by atoms with Crippen molar-refractivity contribution in [2.24, 2.45) is 0 Å². The van der Waals surface area contributed by atoms with Crippen molar-refractivity contribution in [3.63, 3.8) is 0 Å². The number of amides is 1. The summed E-state index contributed by atoms with van der Waals surface area (Å²) in [6.07, 6.45) is 11.3.